The smallest absolute Gasteiger partial charge is 0.341 e. The van der Waals surface area contributed by atoms with Crippen molar-refractivity contribution in [3.63, 3.8) is 0 Å². The molecular formula is C24H26Cl2N4O10. The summed E-state index contributed by atoms with van der Waals surface area (Å²) in [7, 11) is 0. The standard InChI is InChI=1S/C24H26Cl2N4O10/c25-12-3-1-4-13(26)21(12)24(39)40-11-17(32)15(9-20(35)36)28-22(37)16-5-2-8-29-19(34)7-6-14(23(38)30(16)29)27-18(33)10-31/h1,3-4,14-16,31H,2,5-11H2,(H,27,33)(H,28,37)(H,35,36). The number of aliphatic carboxylic acids is 1. The molecule has 3 rings (SSSR count). The molecule has 3 unspecified atom stereocenters. The summed E-state index contributed by atoms with van der Waals surface area (Å²) in [4.78, 5) is 87.6. The molecule has 0 bridgehead atoms. The van der Waals surface area contributed by atoms with Gasteiger partial charge in [0.05, 0.1) is 22.0 Å². The lowest BCUT2D eigenvalue weighted by Crippen LogP contribution is -2.64. The highest BCUT2D eigenvalue weighted by Gasteiger charge is 2.45. The Labute approximate surface area is 237 Å². The number of carboxylic acid groups (broad SMARTS) is 1. The molecule has 0 aromatic heterocycles. The Morgan fingerprint density at radius 1 is 1.10 bits per heavy atom. The number of Topliss-reactive ketones (excluding diaryl/α,β-unsaturated/α-hetero) is 1. The second kappa shape index (κ2) is 13.5. The fourth-order valence-corrected chi connectivity index (χ4v) is 4.89. The van der Waals surface area contributed by atoms with E-state index in [1.165, 1.54) is 18.2 Å². The lowest BCUT2D eigenvalue weighted by molar-refractivity contribution is -0.176. The summed E-state index contributed by atoms with van der Waals surface area (Å²) < 4.78 is 4.96. The molecule has 2 saturated heterocycles. The largest absolute Gasteiger partial charge is 0.481 e. The lowest BCUT2D eigenvalue weighted by atomic mass is 10.0. The van der Waals surface area contributed by atoms with E-state index in [0.29, 0.717) is 6.42 Å². The molecule has 2 aliphatic rings. The number of benzene rings is 1. The Morgan fingerprint density at radius 2 is 1.77 bits per heavy atom. The molecule has 4 amide bonds. The van der Waals surface area contributed by atoms with E-state index >= 15 is 0 Å². The quantitative estimate of drug-likeness (QED) is 0.258. The third kappa shape index (κ3) is 7.25. The first kappa shape index (κ1) is 30.8. The number of ether oxygens (including phenoxy) is 1. The molecule has 216 valence electrons. The number of esters is 1. The van der Waals surface area contributed by atoms with E-state index in [1.54, 1.807) is 0 Å². The van der Waals surface area contributed by atoms with Crippen LogP contribution in [0.25, 0.3) is 0 Å². The van der Waals surface area contributed by atoms with Crippen LogP contribution in [0.1, 0.15) is 42.5 Å². The Bertz CT molecular complexity index is 1210. The van der Waals surface area contributed by atoms with Gasteiger partial charge >= 0.3 is 11.9 Å². The van der Waals surface area contributed by atoms with Gasteiger partial charge in [-0.1, -0.05) is 29.3 Å². The van der Waals surface area contributed by atoms with Gasteiger partial charge in [-0.2, -0.15) is 0 Å². The highest BCUT2D eigenvalue weighted by atomic mass is 35.5. The number of hydrogen-bond acceptors (Lipinski definition) is 9. The Morgan fingerprint density at radius 3 is 2.40 bits per heavy atom. The molecule has 40 heavy (non-hydrogen) atoms. The lowest BCUT2D eigenvalue weighted by Gasteiger charge is -2.43. The van der Waals surface area contributed by atoms with Gasteiger partial charge in [0.25, 0.3) is 5.91 Å². The predicted octanol–water partition coefficient (Wildman–Crippen LogP) is -0.316. The van der Waals surface area contributed by atoms with E-state index < -0.39 is 79.1 Å². The van der Waals surface area contributed by atoms with Crippen molar-refractivity contribution in [2.24, 2.45) is 0 Å². The number of hydrazine groups is 1. The van der Waals surface area contributed by atoms with Crippen LogP contribution in [0.5, 0.6) is 0 Å². The number of amides is 4. The number of carboxylic acids is 1. The average Bonchev–Trinajstić information content (AvgIpc) is 3.02. The monoisotopic (exact) mass is 600 g/mol. The number of halogens is 2. The molecule has 2 aliphatic heterocycles. The first-order chi connectivity index (χ1) is 18.9. The number of rotatable bonds is 10. The van der Waals surface area contributed by atoms with Crippen molar-refractivity contribution in [1.29, 1.82) is 0 Å². The van der Waals surface area contributed by atoms with Crippen LogP contribution in [0, 0.1) is 0 Å². The van der Waals surface area contributed by atoms with Crippen LogP contribution >= 0.6 is 23.2 Å². The van der Waals surface area contributed by atoms with Crippen molar-refractivity contribution in [1.82, 2.24) is 20.7 Å². The predicted molar refractivity (Wildman–Crippen MR) is 136 cm³/mol. The molecule has 1 aromatic rings. The first-order valence-corrected chi connectivity index (χ1v) is 12.9. The molecule has 0 spiro atoms. The van der Waals surface area contributed by atoms with Gasteiger partial charge in [0.2, 0.25) is 17.7 Å². The van der Waals surface area contributed by atoms with Crippen LogP contribution in [0.4, 0.5) is 0 Å². The number of aliphatic hydroxyl groups is 1. The van der Waals surface area contributed by atoms with Gasteiger partial charge in [0.15, 0.2) is 12.4 Å². The molecule has 14 nitrogen and oxygen atoms in total. The maximum absolute atomic E-state index is 13.3. The first-order valence-electron chi connectivity index (χ1n) is 12.1. The second-order valence-corrected chi connectivity index (χ2v) is 9.79. The zero-order valence-electron chi connectivity index (χ0n) is 20.9. The van der Waals surface area contributed by atoms with Crippen LogP contribution in [0.15, 0.2) is 18.2 Å². The van der Waals surface area contributed by atoms with Gasteiger partial charge in [-0.25, -0.2) is 9.80 Å². The van der Waals surface area contributed by atoms with E-state index in [9.17, 15) is 38.7 Å². The van der Waals surface area contributed by atoms with E-state index in [0.717, 1.165) is 10.0 Å². The summed E-state index contributed by atoms with van der Waals surface area (Å²) in [6, 6.07) is 0.0727. The van der Waals surface area contributed by atoms with E-state index in [4.69, 9.17) is 33.0 Å². The number of aliphatic hydroxyl groups excluding tert-OH is 1. The number of hydrogen-bond donors (Lipinski definition) is 4. The van der Waals surface area contributed by atoms with Gasteiger partial charge in [-0.05, 0) is 31.4 Å². The number of nitrogens with zero attached hydrogens (tertiary/aromatic N) is 2. The molecule has 4 N–H and O–H groups in total. The average molecular weight is 601 g/mol. The fraction of sp³-hybridized carbons (Fsp3) is 0.458. The minimum absolute atomic E-state index is 0.0349. The highest BCUT2D eigenvalue weighted by Crippen LogP contribution is 2.26. The van der Waals surface area contributed by atoms with Crippen molar-refractivity contribution in [3.05, 3.63) is 33.8 Å². The molecule has 2 heterocycles. The minimum atomic E-state index is -1.66. The molecular weight excluding hydrogens is 575 g/mol. The molecule has 16 heteroatoms. The number of nitrogens with one attached hydrogen (secondary N) is 2. The van der Waals surface area contributed by atoms with Crippen LogP contribution in [0.3, 0.4) is 0 Å². The van der Waals surface area contributed by atoms with Gasteiger partial charge < -0.3 is 25.6 Å². The normalized spacial score (nSPS) is 19.7. The van der Waals surface area contributed by atoms with Gasteiger partial charge in [0.1, 0.15) is 24.7 Å². The van der Waals surface area contributed by atoms with E-state index in [2.05, 4.69) is 10.6 Å². The topological polar surface area (TPSA) is 200 Å². The van der Waals surface area contributed by atoms with Crippen molar-refractivity contribution in [2.45, 2.75) is 50.2 Å². The third-order valence-electron chi connectivity index (χ3n) is 6.24. The summed E-state index contributed by atoms with van der Waals surface area (Å²) in [5, 5.41) is 24.9. The number of fused-ring (bicyclic) bond motifs is 1. The summed E-state index contributed by atoms with van der Waals surface area (Å²) >= 11 is 11.9. The van der Waals surface area contributed by atoms with Crippen molar-refractivity contribution < 1.29 is 48.5 Å². The van der Waals surface area contributed by atoms with Crippen LogP contribution in [-0.4, -0.2) is 99.5 Å². The summed E-state index contributed by atoms with van der Waals surface area (Å²) in [5.74, 6) is -6.49. The maximum Gasteiger partial charge on any atom is 0.341 e. The molecule has 0 radical (unpaired) electrons. The van der Waals surface area contributed by atoms with Crippen molar-refractivity contribution >= 4 is 64.6 Å². The number of carbonyl (C=O) groups is 7. The van der Waals surface area contributed by atoms with Crippen LogP contribution in [0.2, 0.25) is 10.0 Å². The molecule has 1 aromatic carbocycles. The van der Waals surface area contributed by atoms with Crippen LogP contribution < -0.4 is 10.6 Å². The summed E-state index contributed by atoms with van der Waals surface area (Å²) in [6.07, 6.45) is -0.669. The summed E-state index contributed by atoms with van der Waals surface area (Å²) in [6.45, 7) is -1.70. The Balaban J connectivity index is 1.76. The SMILES string of the molecule is O=C(O)CC(NC(=O)C1CCCN2C(=O)CCC(NC(=O)CO)C(=O)N12)C(=O)COC(=O)c1c(Cl)cccc1Cl. The van der Waals surface area contributed by atoms with Crippen LogP contribution in [-0.2, 0) is 33.5 Å². The highest BCUT2D eigenvalue weighted by molar-refractivity contribution is 6.39. The van der Waals surface area contributed by atoms with E-state index in [1.807, 2.05) is 0 Å². The zero-order chi connectivity index (χ0) is 29.6. The zero-order valence-corrected chi connectivity index (χ0v) is 22.4. The Hall–Kier alpha value is -3.75. The minimum Gasteiger partial charge on any atom is -0.481 e. The molecule has 2 fully saturated rings. The van der Waals surface area contributed by atoms with Gasteiger partial charge in [-0.15, -0.1) is 0 Å². The van der Waals surface area contributed by atoms with Crippen molar-refractivity contribution in [2.75, 3.05) is 19.8 Å². The second-order valence-electron chi connectivity index (χ2n) is 8.97. The van der Waals surface area contributed by atoms with Gasteiger partial charge in [0, 0.05) is 13.0 Å². The molecule has 3 atom stereocenters. The third-order valence-corrected chi connectivity index (χ3v) is 6.87. The molecule has 0 aliphatic carbocycles. The molecule has 0 saturated carbocycles. The summed E-state index contributed by atoms with van der Waals surface area (Å²) in [5.41, 5.74) is -0.202. The van der Waals surface area contributed by atoms with E-state index in [-0.39, 0.29) is 41.4 Å². The number of ketones is 1. The Kier molecular flexibility index (Phi) is 10.4. The maximum atomic E-state index is 13.3. The van der Waals surface area contributed by atoms with Gasteiger partial charge in [-0.3, -0.25) is 33.8 Å². The number of carbonyl (C=O) groups excluding carboxylic acids is 6. The fourth-order valence-electron chi connectivity index (χ4n) is 4.34. The van der Waals surface area contributed by atoms with Crippen molar-refractivity contribution in [3.8, 4) is 0 Å².